The number of benzene rings is 1. The van der Waals surface area contributed by atoms with Gasteiger partial charge in [0, 0.05) is 3.57 Å². The minimum atomic E-state index is -0.677. The molecular formula is C9H4ClIN2O3. The van der Waals surface area contributed by atoms with Gasteiger partial charge in [-0.25, -0.2) is 4.98 Å². The third-order valence-electron chi connectivity index (χ3n) is 2.06. The van der Waals surface area contributed by atoms with Crippen molar-refractivity contribution in [2.45, 2.75) is 0 Å². The van der Waals surface area contributed by atoms with E-state index < -0.39 is 10.6 Å². The quantitative estimate of drug-likeness (QED) is 0.487. The van der Waals surface area contributed by atoms with Crippen LogP contribution in [0.2, 0.25) is 5.02 Å². The fourth-order valence-electron chi connectivity index (χ4n) is 1.30. The molecule has 1 aromatic heterocycles. The molecule has 0 aliphatic heterocycles. The highest BCUT2D eigenvalue weighted by molar-refractivity contribution is 14.1. The Morgan fingerprint density at radius 3 is 2.81 bits per heavy atom. The summed E-state index contributed by atoms with van der Waals surface area (Å²) < 4.78 is 0.698. The SMILES string of the molecule is O=[N+]([O-])c1cnc2cc(Cl)c(I)cc2c1O. The van der Waals surface area contributed by atoms with Crippen molar-refractivity contribution in [2.75, 3.05) is 0 Å². The number of halogens is 2. The van der Waals surface area contributed by atoms with E-state index in [2.05, 4.69) is 4.98 Å². The van der Waals surface area contributed by atoms with Crippen LogP contribution < -0.4 is 0 Å². The zero-order valence-electron chi connectivity index (χ0n) is 7.65. The molecule has 82 valence electrons. The molecule has 0 saturated carbocycles. The highest BCUT2D eigenvalue weighted by Crippen LogP contribution is 2.35. The van der Waals surface area contributed by atoms with Crippen molar-refractivity contribution in [1.29, 1.82) is 0 Å². The second kappa shape index (κ2) is 4.02. The fraction of sp³-hybridized carbons (Fsp3) is 0. The summed E-state index contributed by atoms with van der Waals surface area (Å²) in [7, 11) is 0. The zero-order valence-corrected chi connectivity index (χ0v) is 10.6. The molecular weight excluding hydrogens is 346 g/mol. The number of nitrogens with zero attached hydrogens (tertiary/aromatic N) is 2. The second-order valence-electron chi connectivity index (χ2n) is 3.03. The van der Waals surface area contributed by atoms with Gasteiger partial charge in [-0.3, -0.25) is 10.1 Å². The molecule has 5 nitrogen and oxygen atoms in total. The summed E-state index contributed by atoms with van der Waals surface area (Å²) >= 11 is 7.86. The maximum absolute atomic E-state index is 10.6. The van der Waals surface area contributed by atoms with Gasteiger partial charge in [0.25, 0.3) is 0 Å². The average Bonchev–Trinajstić information content (AvgIpc) is 2.21. The Balaban J connectivity index is 2.84. The van der Waals surface area contributed by atoms with Crippen molar-refractivity contribution in [3.05, 3.63) is 37.0 Å². The minimum absolute atomic E-state index is 0.322. The molecule has 1 aromatic carbocycles. The van der Waals surface area contributed by atoms with Gasteiger partial charge in [0.1, 0.15) is 6.20 Å². The van der Waals surface area contributed by atoms with Crippen LogP contribution in [0.5, 0.6) is 5.75 Å². The highest BCUT2D eigenvalue weighted by atomic mass is 127. The molecule has 1 N–H and O–H groups in total. The number of fused-ring (bicyclic) bond motifs is 1. The van der Waals surface area contributed by atoms with Crippen LogP contribution in [0.15, 0.2) is 18.3 Å². The molecule has 2 rings (SSSR count). The van der Waals surface area contributed by atoms with Gasteiger partial charge in [-0.05, 0) is 34.7 Å². The van der Waals surface area contributed by atoms with E-state index >= 15 is 0 Å². The lowest BCUT2D eigenvalue weighted by molar-refractivity contribution is -0.386. The maximum Gasteiger partial charge on any atom is 0.329 e. The Kier molecular flexibility index (Phi) is 2.85. The first-order valence-electron chi connectivity index (χ1n) is 4.12. The van der Waals surface area contributed by atoms with E-state index in [1.54, 1.807) is 12.1 Å². The first kappa shape index (κ1) is 11.3. The number of rotatable bonds is 1. The molecule has 0 radical (unpaired) electrons. The predicted molar refractivity (Wildman–Crippen MR) is 67.8 cm³/mol. The molecule has 0 amide bonds. The topological polar surface area (TPSA) is 76.3 Å². The summed E-state index contributed by atoms with van der Waals surface area (Å²) in [6.45, 7) is 0. The van der Waals surface area contributed by atoms with E-state index in [9.17, 15) is 15.2 Å². The molecule has 0 saturated heterocycles. The van der Waals surface area contributed by atoms with E-state index in [4.69, 9.17) is 11.6 Å². The summed E-state index contributed by atoms with van der Waals surface area (Å²) in [5.41, 5.74) is 0.0131. The standard InChI is InChI=1S/C9H4ClIN2O3/c10-5-2-7-4(1-6(5)11)9(14)8(3-12-7)13(15)16/h1-3H,(H,12,14). The number of aromatic nitrogens is 1. The van der Waals surface area contributed by atoms with Gasteiger partial charge in [-0.15, -0.1) is 0 Å². The molecule has 0 aliphatic carbocycles. The van der Waals surface area contributed by atoms with Gasteiger partial charge in [0.05, 0.1) is 20.8 Å². The number of nitro groups is 1. The summed E-state index contributed by atoms with van der Waals surface area (Å²) in [5, 5.41) is 21.1. The van der Waals surface area contributed by atoms with Crippen molar-refractivity contribution in [1.82, 2.24) is 4.98 Å². The molecule has 0 aliphatic rings. The number of hydrogen-bond donors (Lipinski definition) is 1. The Morgan fingerprint density at radius 1 is 1.50 bits per heavy atom. The summed E-state index contributed by atoms with van der Waals surface area (Å²) in [6.07, 6.45) is 1.01. The average molecular weight is 350 g/mol. The second-order valence-corrected chi connectivity index (χ2v) is 4.60. The van der Waals surface area contributed by atoms with Crippen molar-refractivity contribution in [2.24, 2.45) is 0 Å². The van der Waals surface area contributed by atoms with Crippen LogP contribution >= 0.6 is 34.2 Å². The van der Waals surface area contributed by atoms with Crippen LogP contribution in [-0.4, -0.2) is 15.0 Å². The van der Waals surface area contributed by atoms with Gasteiger partial charge in [-0.2, -0.15) is 0 Å². The molecule has 7 heteroatoms. The first-order valence-corrected chi connectivity index (χ1v) is 5.57. The van der Waals surface area contributed by atoms with Crippen LogP contribution in [0.1, 0.15) is 0 Å². The first-order chi connectivity index (χ1) is 7.50. The highest BCUT2D eigenvalue weighted by Gasteiger charge is 2.17. The van der Waals surface area contributed by atoms with Gasteiger partial charge >= 0.3 is 5.69 Å². The van der Waals surface area contributed by atoms with Gasteiger partial charge in [-0.1, -0.05) is 11.6 Å². The van der Waals surface area contributed by atoms with Crippen LogP contribution in [-0.2, 0) is 0 Å². The molecule has 2 aromatic rings. The molecule has 16 heavy (non-hydrogen) atoms. The number of aromatic hydroxyl groups is 1. The van der Waals surface area contributed by atoms with Crippen LogP contribution in [0.4, 0.5) is 5.69 Å². The zero-order chi connectivity index (χ0) is 11.9. The lowest BCUT2D eigenvalue weighted by Gasteiger charge is -2.03. The van der Waals surface area contributed by atoms with E-state index in [-0.39, 0.29) is 5.75 Å². The molecule has 1 heterocycles. The fourth-order valence-corrected chi connectivity index (χ4v) is 1.92. The number of pyridine rings is 1. The normalized spacial score (nSPS) is 10.6. The largest absolute Gasteiger partial charge is 0.502 e. The summed E-state index contributed by atoms with van der Waals surface area (Å²) in [5.74, 6) is -0.385. The Hall–Kier alpha value is -1.15. The van der Waals surface area contributed by atoms with Gasteiger partial charge in [0.2, 0.25) is 5.75 Å². The van der Waals surface area contributed by atoms with E-state index in [1.165, 1.54) is 0 Å². The van der Waals surface area contributed by atoms with Crippen molar-refractivity contribution in [3.63, 3.8) is 0 Å². The van der Waals surface area contributed by atoms with Crippen molar-refractivity contribution >= 4 is 50.8 Å². The lowest BCUT2D eigenvalue weighted by atomic mass is 10.2. The summed E-state index contributed by atoms with van der Waals surface area (Å²) in [6, 6.07) is 3.12. The number of hydrogen-bond acceptors (Lipinski definition) is 4. The molecule has 0 unspecified atom stereocenters. The van der Waals surface area contributed by atoms with Crippen LogP contribution in [0.3, 0.4) is 0 Å². The minimum Gasteiger partial charge on any atom is -0.502 e. The lowest BCUT2D eigenvalue weighted by Crippen LogP contribution is -1.91. The summed E-state index contributed by atoms with van der Waals surface area (Å²) in [4.78, 5) is 13.8. The van der Waals surface area contributed by atoms with E-state index in [1.807, 2.05) is 22.6 Å². The Bertz CT molecular complexity index is 603. The Labute approximate surface area is 108 Å². The van der Waals surface area contributed by atoms with Crippen LogP contribution in [0.25, 0.3) is 10.9 Å². The molecule has 0 fully saturated rings. The maximum atomic E-state index is 10.6. The molecule has 0 atom stereocenters. The van der Waals surface area contributed by atoms with Crippen molar-refractivity contribution < 1.29 is 10.0 Å². The molecule has 0 bridgehead atoms. The van der Waals surface area contributed by atoms with Crippen LogP contribution in [0, 0.1) is 13.7 Å². The predicted octanol–water partition coefficient (Wildman–Crippen LogP) is 3.11. The monoisotopic (exact) mass is 350 g/mol. The van der Waals surface area contributed by atoms with Gasteiger partial charge in [0.15, 0.2) is 0 Å². The smallest absolute Gasteiger partial charge is 0.329 e. The molecule has 0 spiro atoms. The van der Waals surface area contributed by atoms with Gasteiger partial charge < -0.3 is 5.11 Å². The van der Waals surface area contributed by atoms with E-state index in [0.29, 0.717) is 19.5 Å². The van der Waals surface area contributed by atoms with Crippen molar-refractivity contribution in [3.8, 4) is 5.75 Å². The third-order valence-corrected chi connectivity index (χ3v) is 3.58. The van der Waals surface area contributed by atoms with E-state index in [0.717, 1.165) is 6.20 Å². The third kappa shape index (κ3) is 1.78. The Morgan fingerprint density at radius 2 is 2.19 bits per heavy atom.